The van der Waals surface area contributed by atoms with E-state index in [1.807, 2.05) is 58.0 Å². The fourth-order valence-corrected chi connectivity index (χ4v) is 2.00. The van der Waals surface area contributed by atoms with Gasteiger partial charge in [-0.1, -0.05) is 37.3 Å². The third-order valence-corrected chi connectivity index (χ3v) is 3.19. The zero-order chi connectivity index (χ0) is 17.3. The van der Waals surface area contributed by atoms with E-state index in [9.17, 15) is 9.59 Å². The maximum atomic E-state index is 11.5. The molecule has 1 amide bonds. The van der Waals surface area contributed by atoms with E-state index in [1.54, 1.807) is 4.90 Å². The normalized spacial score (nSPS) is 14.5. The number of nitrogens with one attached hydrogen (secondary N) is 1. The van der Waals surface area contributed by atoms with Gasteiger partial charge in [0.2, 0.25) is 0 Å². The monoisotopic (exact) mass is 320 g/mol. The third-order valence-electron chi connectivity index (χ3n) is 3.19. The van der Waals surface area contributed by atoms with Crippen molar-refractivity contribution < 1.29 is 14.3 Å². The van der Waals surface area contributed by atoms with Crippen LogP contribution in [0.15, 0.2) is 30.3 Å². The largest absolute Gasteiger partial charge is 0.444 e. The minimum absolute atomic E-state index is 0.200. The van der Waals surface area contributed by atoms with Gasteiger partial charge in [-0.25, -0.2) is 4.79 Å². The molecule has 128 valence electrons. The number of carbonyl (C=O) groups excluding carboxylic acids is 2. The van der Waals surface area contributed by atoms with E-state index in [0.29, 0.717) is 6.42 Å². The molecule has 1 saturated heterocycles. The van der Waals surface area contributed by atoms with Crippen LogP contribution in [0.4, 0.5) is 4.79 Å². The van der Waals surface area contributed by atoms with Gasteiger partial charge in [-0.15, -0.1) is 0 Å². The van der Waals surface area contributed by atoms with Gasteiger partial charge in [-0.3, -0.25) is 4.79 Å². The lowest BCUT2D eigenvalue weighted by Gasteiger charge is -2.30. The van der Waals surface area contributed by atoms with Crippen molar-refractivity contribution in [2.24, 2.45) is 0 Å². The van der Waals surface area contributed by atoms with Crippen LogP contribution in [0.3, 0.4) is 0 Å². The molecule has 5 nitrogen and oxygen atoms in total. The molecule has 1 fully saturated rings. The van der Waals surface area contributed by atoms with Crippen molar-refractivity contribution in [3.63, 3.8) is 0 Å². The van der Waals surface area contributed by atoms with Crippen molar-refractivity contribution in [3.8, 4) is 0 Å². The molecule has 1 heterocycles. The highest BCUT2D eigenvalue weighted by molar-refractivity contribution is 5.95. The predicted octanol–water partition coefficient (Wildman–Crippen LogP) is 3.11. The zero-order valence-electron chi connectivity index (χ0n) is 14.6. The van der Waals surface area contributed by atoms with Crippen molar-refractivity contribution in [1.82, 2.24) is 10.2 Å². The van der Waals surface area contributed by atoms with Crippen LogP contribution in [0.5, 0.6) is 0 Å². The van der Waals surface area contributed by atoms with Gasteiger partial charge in [-0.2, -0.15) is 0 Å². The third kappa shape index (κ3) is 7.79. The molecule has 1 aromatic carbocycles. The number of hydrogen-bond acceptors (Lipinski definition) is 4. The van der Waals surface area contributed by atoms with Gasteiger partial charge < -0.3 is 15.0 Å². The molecule has 0 aliphatic carbocycles. The number of ketones is 1. The summed E-state index contributed by atoms with van der Waals surface area (Å²) in [6.07, 6.45) is 0.387. The molecular formula is C18H28N2O3. The fraction of sp³-hybridized carbons (Fsp3) is 0.556. The second-order valence-corrected chi connectivity index (χ2v) is 6.36. The molecule has 0 unspecified atom stereocenters. The summed E-state index contributed by atoms with van der Waals surface area (Å²) >= 11 is 0. The quantitative estimate of drug-likeness (QED) is 0.851. The molecule has 1 aliphatic rings. The van der Waals surface area contributed by atoms with Crippen molar-refractivity contribution in [1.29, 1.82) is 0 Å². The number of rotatable bonds is 2. The van der Waals surface area contributed by atoms with Crippen LogP contribution in [0.2, 0.25) is 0 Å². The molecule has 2 rings (SSSR count). The lowest BCUT2D eigenvalue weighted by molar-refractivity contribution is 0.0229. The number of nitrogens with zero attached hydrogens (tertiary/aromatic N) is 1. The van der Waals surface area contributed by atoms with Crippen LogP contribution in [-0.4, -0.2) is 48.6 Å². The Morgan fingerprint density at radius 3 is 2.17 bits per heavy atom. The van der Waals surface area contributed by atoms with E-state index in [-0.39, 0.29) is 17.5 Å². The first kappa shape index (κ1) is 19.2. The summed E-state index contributed by atoms with van der Waals surface area (Å²) in [5.41, 5.74) is 0.423. The van der Waals surface area contributed by atoms with E-state index in [4.69, 9.17) is 4.74 Å². The Labute approximate surface area is 139 Å². The fourth-order valence-electron chi connectivity index (χ4n) is 2.00. The molecule has 0 aromatic heterocycles. The summed E-state index contributed by atoms with van der Waals surface area (Å²) in [4.78, 5) is 24.2. The highest BCUT2D eigenvalue weighted by Gasteiger charge is 2.22. The standard InChI is InChI=1S/C9H18N2O2.C9H10O/c1-9(2,3)13-8(12)11-6-4-10-5-7-11;1-2-9(10)8-6-4-3-5-7-8/h10H,4-7H2,1-3H3;3-7H,2H2,1H3. The molecule has 0 atom stereocenters. The summed E-state index contributed by atoms with van der Waals surface area (Å²) in [6.45, 7) is 10.7. The molecule has 0 radical (unpaired) electrons. The molecule has 0 bridgehead atoms. The SMILES string of the molecule is CC(C)(C)OC(=O)N1CCNCC1.CCC(=O)c1ccccc1. The van der Waals surface area contributed by atoms with Crippen LogP contribution in [-0.2, 0) is 4.74 Å². The van der Waals surface area contributed by atoms with Crippen LogP contribution >= 0.6 is 0 Å². The minimum atomic E-state index is -0.387. The van der Waals surface area contributed by atoms with E-state index in [0.717, 1.165) is 31.7 Å². The van der Waals surface area contributed by atoms with Crippen LogP contribution in [0.25, 0.3) is 0 Å². The zero-order valence-corrected chi connectivity index (χ0v) is 14.6. The first-order valence-electron chi connectivity index (χ1n) is 8.10. The minimum Gasteiger partial charge on any atom is -0.444 e. The lowest BCUT2D eigenvalue weighted by atomic mass is 10.1. The second kappa shape index (κ2) is 9.30. The second-order valence-electron chi connectivity index (χ2n) is 6.36. The van der Waals surface area contributed by atoms with Gasteiger partial charge in [0.05, 0.1) is 0 Å². The molecule has 23 heavy (non-hydrogen) atoms. The Kier molecular flexibility index (Phi) is 7.75. The summed E-state index contributed by atoms with van der Waals surface area (Å²) in [5, 5.41) is 3.18. The van der Waals surface area contributed by atoms with Crippen LogP contribution < -0.4 is 5.32 Å². The average Bonchev–Trinajstić information content (AvgIpc) is 2.55. The number of benzene rings is 1. The van der Waals surface area contributed by atoms with Crippen LogP contribution in [0.1, 0.15) is 44.5 Å². The summed E-state index contributed by atoms with van der Waals surface area (Å²) in [7, 11) is 0. The first-order chi connectivity index (χ1) is 10.8. The molecule has 0 saturated carbocycles. The Morgan fingerprint density at radius 2 is 1.70 bits per heavy atom. The average molecular weight is 320 g/mol. The van der Waals surface area contributed by atoms with E-state index < -0.39 is 0 Å². The Balaban J connectivity index is 0.000000238. The lowest BCUT2D eigenvalue weighted by Crippen LogP contribution is -2.48. The first-order valence-corrected chi connectivity index (χ1v) is 8.10. The van der Waals surface area contributed by atoms with Gasteiger partial charge in [0.25, 0.3) is 0 Å². The number of carbonyl (C=O) groups is 2. The van der Waals surface area contributed by atoms with Gasteiger partial charge >= 0.3 is 6.09 Å². The molecular weight excluding hydrogens is 292 g/mol. The smallest absolute Gasteiger partial charge is 0.410 e. The maximum absolute atomic E-state index is 11.5. The van der Waals surface area contributed by atoms with Crippen molar-refractivity contribution in [2.45, 2.75) is 39.7 Å². The number of hydrogen-bond donors (Lipinski definition) is 1. The molecule has 5 heteroatoms. The van der Waals surface area contributed by atoms with E-state index in [1.165, 1.54) is 0 Å². The van der Waals surface area contributed by atoms with Gasteiger partial charge in [0.1, 0.15) is 5.60 Å². The highest BCUT2D eigenvalue weighted by Crippen LogP contribution is 2.10. The number of Topliss-reactive ketones (excluding diaryl/α,β-unsaturated/α-hetero) is 1. The Bertz CT molecular complexity index is 489. The Hall–Kier alpha value is -1.88. The maximum Gasteiger partial charge on any atom is 0.410 e. The van der Waals surface area contributed by atoms with Crippen LogP contribution in [0, 0.1) is 0 Å². The van der Waals surface area contributed by atoms with E-state index >= 15 is 0 Å². The number of ether oxygens (including phenoxy) is 1. The predicted molar refractivity (Wildman–Crippen MR) is 91.7 cm³/mol. The summed E-state index contributed by atoms with van der Waals surface area (Å²) in [6, 6.07) is 9.34. The molecule has 1 aliphatic heterocycles. The Morgan fingerprint density at radius 1 is 1.13 bits per heavy atom. The van der Waals surface area contributed by atoms with Crippen molar-refractivity contribution in [3.05, 3.63) is 35.9 Å². The molecule has 0 spiro atoms. The van der Waals surface area contributed by atoms with Gasteiger partial charge in [0, 0.05) is 38.2 Å². The molecule has 1 N–H and O–H groups in total. The summed E-state index contributed by atoms with van der Waals surface area (Å²) in [5.74, 6) is 0.209. The van der Waals surface area contributed by atoms with Crippen molar-refractivity contribution in [2.75, 3.05) is 26.2 Å². The highest BCUT2D eigenvalue weighted by atomic mass is 16.6. The van der Waals surface area contributed by atoms with E-state index in [2.05, 4.69) is 5.32 Å². The van der Waals surface area contributed by atoms with Crippen molar-refractivity contribution >= 4 is 11.9 Å². The number of amides is 1. The number of piperazine rings is 1. The summed E-state index contributed by atoms with van der Waals surface area (Å²) < 4.78 is 5.24. The van der Waals surface area contributed by atoms with Gasteiger partial charge in [0.15, 0.2) is 5.78 Å². The molecule has 1 aromatic rings. The topological polar surface area (TPSA) is 58.6 Å². The van der Waals surface area contributed by atoms with Gasteiger partial charge in [-0.05, 0) is 20.8 Å².